The average Bonchev–Trinajstić information content (AvgIpc) is 3.10. The highest BCUT2D eigenvalue weighted by molar-refractivity contribution is 7.82. The zero-order valence-corrected chi connectivity index (χ0v) is 38.4. The third-order valence-electron chi connectivity index (χ3n) is 5.39. The van der Waals surface area contributed by atoms with Gasteiger partial charge in [0.1, 0.15) is 24.9 Å². The first kappa shape index (κ1) is 104. The van der Waals surface area contributed by atoms with Crippen molar-refractivity contribution in [2.75, 3.05) is 13.2 Å². The largest absolute Gasteiger partial charge is 0.412 e. The molecule has 0 amide bonds. The van der Waals surface area contributed by atoms with Crippen molar-refractivity contribution in [3.8, 4) is 0 Å². The molecule has 0 saturated carbocycles. The lowest BCUT2D eigenvalue weighted by molar-refractivity contribution is -0.379. The molecule has 0 bridgehead atoms. The lowest BCUT2D eigenvalue weighted by Gasteiger charge is -2.45. The third-order valence-corrected chi connectivity index (χ3v) is 8.98. The molecule has 2 aliphatic heterocycles. The standard InChI is InChI=1S/C11H20O35S8.15H2O/c12-47(13,14)36-1-3-4(41-49(18,19)20)5(42-50(21,22)23)6(43-51(24,25)26)9(38-3)39-11(2-37-48(15,16)17)8(45-53(30,31)32)7(44-52(27,28)29)10(40-11)46-54(33,34)35;;;;;;;;;;;;;;;/h3-10H,1-2H2,(H,12,13,14)(H,15,16,17)(H,18,19,20)(H,21,22,23)(H,24,25,26)(H,27,28,29)(H,30,31,32)(H,33,34,35);15*1H2/t3-,4-,5-,6-,7+,8-,9+,10-,11-;;;;;;;;;;;;;;;/m1.............../s1. The smallest absolute Gasteiger partial charge is 0.399 e. The van der Waals surface area contributed by atoms with Gasteiger partial charge >= 0.3 is 83.2 Å². The van der Waals surface area contributed by atoms with Crippen LogP contribution in [-0.4, -0.2) is 254 Å². The minimum Gasteiger partial charge on any atom is -0.412 e. The first-order chi connectivity index (χ1) is 23.7. The van der Waals surface area contributed by atoms with Gasteiger partial charge in [0, 0.05) is 0 Å². The van der Waals surface area contributed by atoms with E-state index in [0.29, 0.717) is 0 Å². The summed E-state index contributed by atoms with van der Waals surface area (Å²) in [5.41, 5.74) is 0. The van der Waals surface area contributed by atoms with Crippen molar-refractivity contribution >= 4 is 83.2 Å². The summed E-state index contributed by atoms with van der Waals surface area (Å²) in [6, 6.07) is 0. The highest BCUT2D eigenvalue weighted by atomic mass is 32.3. The van der Waals surface area contributed by atoms with E-state index in [4.69, 9.17) is 27.9 Å². The molecule has 2 fully saturated rings. The van der Waals surface area contributed by atoms with Gasteiger partial charge < -0.3 is 96.4 Å². The van der Waals surface area contributed by atoms with E-state index in [2.05, 4.69) is 33.5 Å². The van der Waals surface area contributed by atoms with E-state index < -0.39 is 151 Å². The van der Waals surface area contributed by atoms with Crippen molar-refractivity contribution in [2.45, 2.75) is 55.0 Å². The fourth-order valence-electron chi connectivity index (χ4n) is 4.02. The first-order valence-electron chi connectivity index (χ1n) is 11.9. The molecule has 0 aromatic rings. The summed E-state index contributed by atoms with van der Waals surface area (Å²) in [6.07, 6.45) is -27.2. The van der Waals surface area contributed by atoms with Crippen LogP contribution in [0, 0.1) is 0 Å². The van der Waals surface area contributed by atoms with Gasteiger partial charge in [-0.1, -0.05) is 0 Å². The zero-order valence-electron chi connectivity index (χ0n) is 31.9. The van der Waals surface area contributed by atoms with E-state index in [1.54, 1.807) is 0 Å². The second-order valence-electron chi connectivity index (χ2n) is 9.28. The molecule has 0 aliphatic carbocycles. The maximum Gasteiger partial charge on any atom is 0.399 e. The van der Waals surface area contributed by atoms with Gasteiger partial charge in [-0.25, -0.2) is 33.5 Å². The summed E-state index contributed by atoms with van der Waals surface area (Å²) < 4.78 is 306. The Hall–Kier alpha value is -1.76. The summed E-state index contributed by atoms with van der Waals surface area (Å²) in [7, 11) is -48.9. The number of hydrogen-bond donors (Lipinski definition) is 8. The van der Waals surface area contributed by atoms with Crippen LogP contribution in [0.25, 0.3) is 0 Å². The van der Waals surface area contributed by atoms with Crippen LogP contribution in [0.3, 0.4) is 0 Å². The zero-order chi connectivity index (χ0) is 42.3. The lowest BCUT2D eigenvalue weighted by atomic mass is 9.99. The molecule has 0 spiro atoms. The van der Waals surface area contributed by atoms with Gasteiger partial charge in [0.15, 0.2) is 24.6 Å². The van der Waals surface area contributed by atoms with Crippen LogP contribution in [0.2, 0.25) is 0 Å². The molecule has 2 heterocycles. The quantitative estimate of drug-likeness (QED) is 0.0525. The average molecular weight is 1240 g/mol. The molecule has 0 aromatic carbocycles. The Morgan fingerprint density at radius 1 is 0.348 bits per heavy atom. The minimum absolute atomic E-state index is 0. The van der Waals surface area contributed by atoms with Gasteiger partial charge in [0.25, 0.3) is 0 Å². The van der Waals surface area contributed by atoms with Gasteiger partial charge in [-0.15, -0.1) is 0 Å². The molecule has 69 heavy (non-hydrogen) atoms. The second kappa shape index (κ2) is 35.4. The Bertz CT molecular complexity index is 2260. The van der Waals surface area contributed by atoms with Crippen LogP contribution in [0.15, 0.2) is 0 Å². The van der Waals surface area contributed by atoms with Crippen LogP contribution in [-0.2, 0) is 131 Å². The van der Waals surface area contributed by atoms with Crippen LogP contribution >= 0.6 is 0 Å². The van der Waals surface area contributed by atoms with E-state index in [9.17, 15) is 90.1 Å². The summed E-state index contributed by atoms with van der Waals surface area (Å²) >= 11 is 0. The molecule has 0 radical (unpaired) electrons. The third kappa shape index (κ3) is 37.6. The molecular formula is C11H50O50S8. The van der Waals surface area contributed by atoms with Crippen LogP contribution < -0.4 is 0 Å². The van der Waals surface area contributed by atoms with E-state index in [1.165, 1.54) is 0 Å². The normalized spacial score (nSPS) is 24.3. The lowest BCUT2D eigenvalue weighted by Crippen LogP contribution is -2.65. The van der Waals surface area contributed by atoms with Crippen molar-refractivity contribution in [1.82, 2.24) is 0 Å². The van der Waals surface area contributed by atoms with E-state index in [-0.39, 0.29) is 82.1 Å². The Balaban J connectivity index is -0.000000168. The van der Waals surface area contributed by atoms with Gasteiger partial charge in [-0.2, -0.15) is 67.3 Å². The molecule has 0 unspecified atom stereocenters. The van der Waals surface area contributed by atoms with Gasteiger partial charge in [0.05, 0.1) is 6.61 Å². The summed E-state index contributed by atoms with van der Waals surface area (Å²) in [5.74, 6) is -4.27. The van der Waals surface area contributed by atoms with E-state index >= 15 is 0 Å². The Labute approximate surface area is 384 Å². The van der Waals surface area contributed by atoms with Crippen molar-refractivity contribution in [3.63, 3.8) is 0 Å². The van der Waals surface area contributed by atoms with Crippen molar-refractivity contribution in [3.05, 3.63) is 0 Å². The molecule has 2 aliphatic rings. The molecule has 442 valence electrons. The molecule has 2 saturated heterocycles. The molecule has 50 nitrogen and oxygen atoms in total. The molecule has 9 atom stereocenters. The van der Waals surface area contributed by atoms with E-state index in [1.807, 2.05) is 0 Å². The first-order valence-corrected chi connectivity index (χ1v) is 22.8. The molecule has 2 rings (SSSR count). The summed E-state index contributed by atoms with van der Waals surface area (Å²) in [4.78, 5) is 0. The van der Waals surface area contributed by atoms with Crippen LogP contribution in [0.5, 0.6) is 0 Å². The van der Waals surface area contributed by atoms with Gasteiger partial charge in [-0.3, -0.25) is 36.4 Å². The SMILES string of the molecule is O.O.O.O.O.O.O.O.O.O.O.O.O.O.O.O=S(=O)(O)OC[C@H]1O[C@@H](O[C@]2(COS(=O)(=O)O)O[C@H](OS(=O)(=O)O)[C@@H](OS(=O)(=O)O)[C@H]2OS(=O)(=O)O)[C@H](OS(=O)(=O)O)[C@H](OS(=O)(=O)O)[C@@H]1OS(=O)(=O)O. The Morgan fingerprint density at radius 2 is 0.652 bits per heavy atom. The van der Waals surface area contributed by atoms with Crippen molar-refractivity contribution in [1.29, 1.82) is 0 Å². The van der Waals surface area contributed by atoms with Crippen LogP contribution in [0.1, 0.15) is 0 Å². The molecule has 0 aromatic heterocycles. The maximum atomic E-state index is 11.8. The summed E-state index contributed by atoms with van der Waals surface area (Å²) in [6.45, 7) is -4.45. The highest BCUT2D eigenvalue weighted by Gasteiger charge is 2.66. The fourth-order valence-corrected chi connectivity index (χ4v) is 7.52. The number of rotatable bonds is 20. The highest BCUT2D eigenvalue weighted by Crippen LogP contribution is 2.43. The second-order valence-corrected chi connectivity index (χ2v) is 17.8. The van der Waals surface area contributed by atoms with Crippen LogP contribution in [0.4, 0.5) is 0 Å². The molecule has 38 N–H and O–H groups in total. The number of ether oxygens (including phenoxy) is 3. The van der Waals surface area contributed by atoms with Gasteiger partial charge in [0.2, 0.25) is 12.1 Å². The van der Waals surface area contributed by atoms with Gasteiger partial charge in [-0.05, 0) is 0 Å². The topological polar surface area (TPSA) is 1010 Å². The van der Waals surface area contributed by atoms with Crippen molar-refractivity contribution in [2.24, 2.45) is 0 Å². The number of hydrogen-bond acceptors (Lipinski definition) is 27. The predicted molar refractivity (Wildman–Crippen MR) is 201 cm³/mol. The predicted octanol–water partition coefficient (Wildman–Crippen LogP) is -19.2. The molecule has 58 heteroatoms. The summed E-state index contributed by atoms with van der Waals surface area (Å²) in [5, 5.41) is 0. The molecular weight excluding hydrogens is 1190 g/mol. The maximum absolute atomic E-state index is 11.8. The van der Waals surface area contributed by atoms with Crippen molar-refractivity contribution < 1.29 is 234 Å². The van der Waals surface area contributed by atoms with E-state index in [0.717, 1.165) is 0 Å². The Morgan fingerprint density at radius 3 is 0.971 bits per heavy atom. The monoisotopic (exact) mass is 1240 g/mol. The Kier molecular flexibility index (Phi) is 53.4. The minimum atomic E-state index is -6.30. The fraction of sp³-hybridized carbons (Fsp3) is 1.00.